The number of hydrogen-bond donors (Lipinski definition) is 1. The van der Waals surface area contributed by atoms with E-state index in [9.17, 15) is 0 Å². The van der Waals surface area contributed by atoms with Crippen LogP contribution in [0.4, 0.5) is 5.13 Å². The third-order valence-corrected chi connectivity index (χ3v) is 2.59. The van der Waals surface area contributed by atoms with Crippen molar-refractivity contribution in [2.24, 2.45) is 0 Å². The van der Waals surface area contributed by atoms with E-state index in [0.717, 1.165) is 0 Å². The average molecular weight is 222 g/mol. The first-order chi connectivity index (χ1) is 7.24. The fourth-order valence-electron chi connectivity index (χ4n) is 1.26. The Hall–Kier alpha value is -1.96. The topological polar surface area (TPSA) is 95.1 Å². The molecule has 0 radical (unpaired) electrons. The maximum absolute atomic E-state index is 5.56. The maximum atomic E-state index is 5.56. The van der Waals surface area contributed by atoms with Gasteiger partial charge < -0.3 is 10.3 Å². The van der Waals surface area contributed by atoms with E-state index in [1.54, 1.807) is 10.6 Å². The highest BCUT2D eigenvalue weighted by atomic mass is 32.1. The summed E-state index contributed by atoms with van der Waals surface area (Å²) in [6.45, 7) is 1.81. The zero-order valence-electron chi connectivity index (χ0n) is 7.71. The number of anilines is 1. The zero-order valence-corrected chi connectivity index (χ0v) is 8.52. The monoisotopic (exact) mass is 222 g/mol. The molecule has 3 aromatic heterocycles. The number of rotatable bonds is 1. The summed E-state index contributed by atoms with van der Waals surface area (Å²) in [6, 6.07) is 1.77. The van der Waals surface area contributed by atoms with Crippen LogP contribution in [0.1, 0.15) is 5.76 Å². The molecule has 0 atom stereocenters. The summed E-state index contributed by atoms with van der Waals surface area (Å²) < 4.78 is 6.51. The van der Waals surface area contributed by atoms with Crippen LogP contribution in [0, 0.1) is 6.92 Å². The first-order valence-corrected chi connectivity index (χ1v) is 4.97. The third-order valence-electron chi connectivity index (χ3n) is 1.86. The van der Waals surface area contributed by atoms with Crippen LogP contribution in [-0.2, 0) is 0 Å². The molecule has 0 bridgehead atoms. The summed E-state index contributed by atoms with van der Waals surface area (Å²) in [5.41, 5.74) is 6.16. The quantitative estimate of drug-likeness (QED) is 0.652. The molecule has 0 aromatic carbocycles. The molecule has 0 amide bonds. The van der Waals surface area contributed by atoms with Crippen molar-refractivity contribution >= 4 is 21.4 Å². The average Bonchev–Trinajstić information content (AvgIpc) is 2.80. The summed E-state index contributed by atoms with van der Waals surface area (Å²) in [5, 5.41) is 16.2. The molecule has 7 nitrogen and oxygen atoms in total. The first-order valence-electron chi connectivity index (χ1n) is 4.15. The van der Waals surface area contributed by atoms with Crippen LogP contribution in [0.15, 0.2) is 10.6 Å². The molecule has 0 saturated carbocycles. The summed E-state index contributed by atoms with van der Waals surface area (Å²) in [6.07, 6.45) is 0. The third kappa shape index (κ3) is 1.18. The van der Waals surface area contributed by atoms with E-state index in [0.29, 0.717) is 27.4 Å². The number of nitrogen functional groups attached to an aromatic ring is 1. The lowest BCUT2D eigenvalue weighted by molar-refractivity contribution is 0.399. The molecule has 8 heteroatoms. The number of fused-ring (bicyclic) bond motifs is 1. The minimum absolute atomic E-state index is 0.446. The van der Waals surface area contributed by atoms with E-state index in [2.05, 4.69) is 20.5 Å². The van der Waals surface area contributed by atoms with Gasteiger partial charge in [0.05, 0.1) is 0 Å². The van der Waals surface area contributed by atoms with E-state index in [1.165, 1.54) is 11.3 Å². The SMILES string of the molecule is Cc1cc(-c2nnc3sc(N)nn23)no1. The normalized spacial score (nSPS) is 11.3. The summed E-state index contributed by atoms with van der Waals surface area (Å²) in [5.74, 6) is 1.25. The molecule has 0 unspecified atom stereocenters. The van der Waals surface area contributed by atoms with Crippen molar-refractivity contribution in [1.82, 2.24) is 25.0 Å². The number of aryl methyl sites for hydroxylation is 1. The molecule has 0 aliphatic carbocycles. The first kappa shape index (κ1) is 8.36. The fraction of sp³-hybridized carbons (Fsp3) is 0.143. The highest BCUT2D eigenvalue weighted by molar-refractivity contribution is 7.20. The van der Waals surface area contributed by atoms with Crippen molar-refractivity contribution in [3.8, 4) is 11.5 Å². The van der Waals surface area contributed by atoms with Crippen molar-refractivity contribution in [2.45, 2.75) is 6.92 Å². The van der Waals surface area contributed by atoms with Gasteiger partial charge in [0.15, 0.2) is 5.69 Å². The van der Waals surface area contributed by atoms with Gasteiger partial charge in [0.25, 0.3) is 0 Å². The van der Waals surface area contributed by atoms with Crippen LogP contribution in [0.2, 0.25) is 0 Å². The molecule has 76 valence electrons. The Morgan fingerprint density at radius 3 is 3.07 bits per heavy atom. The summed E-state index contributed by atoms with van der Waals surface area (Å²) >= 11 is 1.27. The van der Waals surface area contributed by atoms with Gasteiger partial charge in [-0.2, -0.15) is 4.52 Å². The van der Waals surface area contributed by atoms with Gasteiger partial charge in [0.2, 0.25) is 15.9 Å². The molecule has 15 heavy (non-hydrogen) atoms. The van der Waals surface area contributed by atoms with Crippen molar-refractivity contribution in [1.29, 1.82) is 0 Å². The lowest BCUT2D eigenvalue weighted by Crippen LogP contribution is -1.92. The second kappa shape index (κ2) is 2.76. The van der Waals surface area contributed by atoms with Crippen LogP contribution < -0.4 is 5.73 Å². The van der Waals surface area contributed by atoms with E-state index < -0.39 is 0 Å². The predicted octanol–water partition coefficient (Wildman–Crippen LogP) is 0.731. The number of nitrogens with zero attached hydrogens (tertiary/aromatic N) is 5. The van der Waals surface area contributed by atoms with Crippen LogP contribution in [-0.4, -0.2) is 25.0 Å². The number of hydrogen-bond acceptors (Lipinski definition) is 7. The Kier molecular flexibility index (Phi) is 1.54. The van der Waals surface area contributed by atoms with Gasteiger partial charge in [-0.1, -0.05) is 16.5 Å². The fourth-order valence-corrected chi connectivity index (χ4v) is 1.87. The van der Waals surface area contributed by atoms with E-state index in [4.69, 9.17) is 10.3 Å². The summed E-state index contributed by atoms with van der Waals surface area (Å²) in [4.78, 5) is 0.642. The lowest BCUT2D eigenvalue weighted by atomic mass is 10.4. The van der Waals surface area contributed by atoms with Crippen LogP contribution in [0.25, 0.3) is 16.5 Å². The van der Waals surface area contributed by atoms with Crippen LogP contribution in [0.5, 0.6) is 0 Å². The van der Waals surface area contributed by atoms with Gasteiger partial charge >= 0.3 is 0 Å². The highest BCUT2D eigenvalue weighted by Crippen LogP contribution is 2.21. The van der Waals surface area contributed by atoms with Crippen LogP contribution >= 0.6 is 11.3 Å². The second-order valence-electron chi connectivity index (χ2n) is 2.98. The molecule has 0 saturated heterocycles. The Morgan fingerprint density at radius 2 is 2.33 bits per heavy atom. The molecule has 3 heterocycles. The minimum Gasteiger partial charge on any atom is -0.374 e. The molecular formula is C7H6N6OS. The Labute approximate surface area is 87.5 Å². The molecule has 0 spiro atoms. The summed E-state index contributed by atoms with van der Waals surface area (Å²) in [7, 11) is 0. The van der Waals surface area contributed by atoms with Gasteiger partial charge in [-0.15, -0.1) is 15.3 Å². The smallest absolute Gasteiger partial charge is 0.236 e. The Balaban J connectivity index is 2.26. The van der Waals surface area contributed by atoms with Gasteiger partial charge in [0, 0.05) is 6.07 Å². The van der Waals surface area contributed by atoms with Crippen molar-refractivity contribution in [3.63, 3.8) is 0 Å². The molecule has 0 fully saturated rings. The van der Waals surface area contributed by atoms with Crippen molar-refractivity contribution in [2.75, 3.05) is 5.73 Å². The largest absolute Gasteiger partial charge is 0.374 e. The van der Waals surface area contributed by atoms with E-state index in [-0.39, 0.29) is 0 Å². The van der Waals surface area contributed by atoms with Gasteiger partial charge in [-0.3, -0.25) is 0 Å². The predicted molar refractivity (Wildman–Crippen MR) is 53.3 cm³/mol. The van der Waals surface area contributed by atoms with Crippen LogP contribution in [0.3, 0.4) is 0 Å². The standard InChI is InChI=1S/C7H6N6OS/c1-3-2-4(12-14-3)5-9-10-7-13(5)11-6(8)15-7/h2H,1H3,(H2,8,11). The van der Waals surface area contributed by atoms with E-state index in [1.807, 2.05) is 6.92 Å². The zero-order chi connectivity index (χ0) is 10.4. The number of nitrogens with two attached hydrogens (primary N) is 1. The Bertz CT molecular complexity index is 622. The lowest BCUT2D eigenvalue weighted by Gasteiger charge is -1.86. The van der Waals surface area contributed by atoms with Gasteiger partial charge in [-0.05, 0) is 6.92 Å². The van der Waals surface area contributed by atoms with Crippen molar-refractivity contribution in [3.05, 3.63) is 11.8 Å². The van der Waals surface area contributed by atoms with Crippen molar-refractivity contribution < 1.29 is 4.52 Å². The molecule has 0 aliphatic heterocycles. The second-order valence-corrected chi connectivity index (χ2v) is 3.97. The minimum atomic E-state index is 0.446. The highest BCUT2D eigenvalue weighted by Gasteiger charge is 2.14. The van der Waals surface area contributed by atoms with Gasteiger partial charge in [0.1, 0.15) is 5.76 Å². The Morgan fingerprint density at radius 1 is 1.47 bits per heavy atom. The number of aromatic nitrogens is 5. The molecular weight excluding hydrogens is 216 g/mol. The molecule has 3 aromatic rings. The van der Waals surface area contributed by atoms with Gasteiger partial charge in [-0.25, -0.2) is 0 Å². The molecule has 0 aliphatic rings. The van der Waals surface area contributed by atoms with E-state index >= 15 is 0 Å². The maximum Gasteiger partial charge on any atom is 0.236 e. The molecule has 3 rings (SSSR count). The molecule has 2 N–H and O–H groups in total.